The van der Waals surface area contributed by atoms with Crippen molar-refractivity contribution in [1.82, 2.24) is 20.5 Å². The molecule has 3 N–H and O–H groups in total. The second kappa shape index (κ2) is 15.0. The first kappa shape index (κ1) is 33.2. The van der Waals surface area contributed by atoms with Crippen LogP contribution in [0.25, 0.3) is 11.1 Å². The average Bonchev–Trinajstić information content (AvgIpc) is 3.10. The lowest BCUT2D eigenvalue weighted by molar-refractivity contribution is 0.0846. The Labute approximate surface area is 279 Å². The van der Waals surface area contributed by atoms with Crippen molar-refractivity contribution in [1.29, 1.82) is 0 Å². The molecule has 0 unspecified atom stereocenters. The van der Waals surface area contributed by atoms with Crippen LogP contribution in [-0.2, 0) is 11.3 Å². The van der Waals surface area contributed by atoms with Gasteiger partial charge in [0.15, 0.2) is 0 Å². The maximum absolute atomic E-state index is 13.9. The van der Waals surface area contributed by atoms with Crippen LogP contribution < -0.4 is 26.0 Å². The van der Waals surface area contributed by atoms with Crippen molar-refractivity contribution in [3.8, 4) is 11.1 Å². The fourth-order valence-electron chi connectivity index (χ4n) is 7.77. The number of H-pyrrole nitrogens is 1. The zero-order chi connectivity index (χ0) is 32.9. The number of aryl methyl sites for hydroxylation is 2. The van der Waals surface area contributed by atoms with Gasteiger partial charge in [-0.15, -0.1) is 0 Å². The Morgan fingerprint density at radius 1 is 0.936 bits per heavy atom. The Kier molecular flexibility index (Phi) is 10.6. The Bertz CT molecular complexity index is 1580. The van der Waals surface area contributed by atoms with Gasteiger partial charge in [-0.2, -0.15) is 0 Å². The van der Waals surface area contributed by atoms with Crippen molar-refractivity contribution >= 4 is 17.3 Å². The van der Waals surface area contributed by atoms with Crippen LogP contribution in [0.5, 0.6) is 0 Å². The van der Waals surface area contributed by atoms with Gasteiger partial charge in [-0.25, -0.2) is 0 Å². The molecule has 4 heterocycles. The summed E-state index contributed by atoms with van der Waals surface area (Å²) in [7, 11) is 0. The van der Waals surface area contributed by atoms with E-state index >= 15 is 0 Å². The summed E-state index contributed by atoms with van der Waals surface area (Å²) in [5.74, 6) is -0.170. The predicted octanol–water partition coefficient (Wildman–Crippen LogP) is 4.78. The Morgan fingerprint density at radius 3 is 2.30 bits per heavy atom. The standard InChI is InChI=1S/C38H52N6O3/c1-5-44(33-12-20-47-21-13-33)36-24-30(23-34(28(36)4)37(45)40-25-35-26(2)22-27(3)41-38(35)46)29-6-8-31(9-7-29)42-16-18-43(19-17-42)32-10-14-39-15-11-32/h6-9,22-24,32-33,39H,5,10-21,25H2,1-4H3,(H,40,45)(H,41,46). The van der Waals surface area contributed by atoms with E-state index in [1.54, 1.807) is 0 Å². The summed E-state index contributed by atoms with van der Waals surface area (Å²) >= 11 is 0. The summed E-state index contributed by atoms with van der Waals surface area (Å²) in [5.41, 5.74) is 8.17. The molecular formula is C38H52N6O3. The molecule has 1 aromatic heterocycles. The molecular weight excluding hydrogens is 588 g/mol. The number of piperidine rings is 1. The van der Waals surface area contributed by atoms with E-state index in [4.69, 9.17) is 4.74 Å². The first-order valence-corrected chi connectivity index (χ1v) is 17.6. The zero-order valence-corrected chi connectivity index (χ0v) is 28.7. The third-order valence-corrected chi connectivity index (χ3v) is 10.5. The molecule has 9 heteroatoms. The fraction of sp³-hybridized carbons (Fsp3) is 0.526. The summed E-state index contributed by atoms with van der Waals surface area (Å²) in [4.78, 5) is 37.0. The lowest BCUT2D eigenvalue weighted by atomic mass is 9.95. The lowest BCUT2D eigenvalue weighted by Crippen LogP contribution is -2.52. The number of hydrogen-bond acceptors (Lipinski definition) is 7. The van der Waals surface area contributed by atoms with Crippen LogP contribution in [0.1, 0.15) is 65.3 Å². The van der Waals surface area contributed by atoms with Gasteiger partial charge in [-0.05, 0) is 119 Å². The minimum absolute atomic E-state index is 0.154. The monoisotopic (exact) mass is 640 g/mol. The van der Waals surface area contributed by atoms with Crippen molar-refractivity contribution in [2.45, 2.75) is 72.0 Å². The number of benzene rings is 2. The van der Waals surface area contributed by atoms with E-state index in [0.717, 1.165) is 106 Å². The molecule has 6 rings (SSSR count). The van der Waals surface area contributed by atoms with Crippen molar-refractivity contribution in [3.63, 3.8) is 0 Å². The van der Waals surface area contributed by atoms with E-state index in [9.17, 15) is 9.59 Å². The van der Waals surface area contributed by atoms with E-state index in [0.29, 0.717) is 23.2 Å². The van der Waals surface area contributed by atoms with Crippen LogP contribution in [-0.4, -0.2) is 86.9 Å². The number of amides is 1. The molecule has 3 aliphatic heterocycles. The Hall–Kier alpha value is -3.66. The van der Waals surface area contributed by atoms with Crippen molar-refractivity contribution in [2.24, 2.45) is 0 Å². The predicted molar refractivity (Wildman–Crippen MR) is 191 cm³/mol. The van der Waals surface area contributed by atoms with E-state index in [-0.39, 0.29) is 18.0 Å². The number of pyridine rings is 1. The largest absolute Gasteiger partial charge is 0.381 e. The number of piperazine rings is 1. The molecule has 0 saturated carbocycles. The molecule has 9 nitrogen and oxygen atoms in total. The number of nitrogens with one attached hydrogen (secondary N) is 3. The molecule has 0 spiro atoms. The molecule has 0 bridgehead atoms. The van der Waals surface area contributed by atoms with E-state index in [1.807, 2.05) is 32.9 Å². The zero-order valence-electron chi connectivity index (χ0n) is 28.7. The number of carbonyl (C=O) groups excluding carboxylic acids is 1. The lowest BCUT2D eigenvalue weighted by Gasteiger charge is -2.41. The average molecular weight is 641 g/mol. The number of aromatic amines is 1. The van der Waals surface area contributed by atoms with Gasteiger partial charge in [0.1, 0.15) is 0 Å². The minimum Gasteiger partial charge on any atom is -0.381 e. The Balaban J connectivity index is 1.25. The first-order valence-electron chi connectivity index (χ1n) is 17.6. The van der Waals surface area contributed by atoms with Crippen molar-refractivity contribution in [3.05, 3.63) is 80.8 Å². The summed E-state index contributed by atoms with van der Waals surface area (Å²) in [6.45, 7) is 17.1. The summed E-state index contributed by atoms with van der Waals surface area (Å²) in [5, 5.41) is 6.56. The molecule has 0 radical (unpaired) electrons. The molecule has 0 aliphatic carbocycles. The SMILES string of the molecule is CCN(c1cc(-c2ccc(N3CCN(C4CCNCC4)CC3)cc2)cc(C(=O)NCc2c(C)cc(C)[nH]c2=O)c1C)C1CCOCC1. The smallest absolute Gasteiger partial charge is 0.253 e. The summed E-state index contributed by atoms with van der Waals surface area (Å²) < 4.78 is 5.69. The molecule has 252 valence electrons. The molecule has 3 saturated heterocycles. The number of rotatable bonds is 9. The molecule has 1 amide bonds. The highest BCUT2D eigenvalue weighted by atomic mass is 16.5. The van der Waals surface area contributed by atoms with Gasteiger partial charge in [0.2, 0.25) is 0 Å². The molecule has 0 atom stereocenters. The third kappa shape index (κ3) is 7.58. The molecule has 3 aliphatic rings. The van der Waals surface area contributed by atoms with Crippen LogP contribution in [0.4, 0.5) is 11.4 Å². The van der Waals surface area contributed by atoms with E-state index in [1.165, 1.54) is 18.5 Å². The van der Waals surface area contributed by atoms with Crippen LogP contribution >= 0.6 is 0 Å². The number of hydrogen-bond donors (Lipinski definition) is 3. The quantitative estimate of drug-likeness (QED) is 0.310. The molecule has 3 aromatic rings. The number of aromatic nitrogens is 1. The third-order valence-electron chi connectivity index (χ3n) is 10.5. The fourth-order valence-corrected chi connectivity index (χ4v) is 7.77. The van der Waals surface area contributed by atoms with Crippen LogP contribution in [0.3, 0.4) is 0 Å². The van der Waals surface area contributed by atoms with E-state index < -0.39 is 0 Å². The molecule has 47 heavy (non-hydrogen) atoms. The van der Waals surface area contributed by atoms with Gasteiger partial charge >= 0.3 is 0 Å². The van der Waals surface area contributed by atoms with Gasteiger partial charge in [0.05, 0.1) is 0 Å². The van der Waals surface area contributed by atoms with Crippen LogP contribution in [0, 0.1) is 20.8 Å². The van der Waals surface area contributed by atoms with Gasteiger partial charge in [-0.3, -0.25) is 14.5 Å². The maximum atomic E-state index is 13.9. The summed E-state index contributed by atoms with van der Waals surface area (Å²) in [6, 6.07) is 16.2. The van der Waals surface area contributed by atoms with Gasteiger partial charge in [-0.1, -0.05) is 12.1 Å². The Morgan fingerprint density at radius 2 is 1.64 bits per heavy atom. The van der Waals surface area contributed by atoms with Crippen molar-refractivity contribution in [2.75, 3.05) is 68.8 Å². The number of carbonyl (C=O) groups is 1. The normalized spacial score (nSPS) is 18.3. The second-order valence-electron chi connectivity index (χ2n) is 13.5. The number of anilines is 2. The highest BCUT2D eigenvalue weighted by molar-refractivity contribution is 5.99. The second-order valence-corrected chi connectivity index (χ2v) is 13.5. The van der Waals surface area contributed by atoms with Crippen LogP contribution in [0.2, 0.25) is 0 Å². The minimum atomic E-state index is -0.170. The maximum Gasteiger partial charge on any atom is 0.253 e. The van der Waals surface area contributed by atoms with E-state index in [2.05, 4.69) is 67.6 Å². The van der Waals surface area contributed by atoms with Crippen LogP contribution in [0.15, 0.2) is 47.3 Å². The summed E-state index contributed by atoms with van der Waals surface area (Å²) in [6.07, 6.45) is 4.43. The van der Waals surface area contributed by atoms with Crippen molar-refractivity contribution < 1.29 is 9.53 Å². The molecule has 2 aromatic carbocycles. The molecule has 3 fully saturated rings. The number of nitrogens with zero attached hydrogens (tertiary/aromatic N) is 3. The highest BCUT2D eigenvalue weighted by Crippen LogP contribution is 2.35. The van der Waals surface area contributed by atoms with Gasteiger partial charge < -0.3 is 30.2 Å². The van der Waals surface area contributed by atoms with Gasteiger partial charge in [0.25, 0.3) is 11.5 Å². The topological polar surface area (TPSA) is 92.9 Å². The van der Waals surface area contributed by atoms with Gasteiger partial charge in [0, 0.05) is 92.8 Å². The number of ether oxygens (including phenoxy) is 1. The highest BCUT2D eigenvalue weighted by Gasteiger charge is 2.27. The first-order chi connectivity index (χ1) is 22.8.